The number of nitrogens with one attached hydrogen (secondary N) is 2. The van der Waals surface area contributed by atoms with Crippen molar-refractivity contribution in [3.63, 3.8) is 0 Å². The van der Waals surface area contributed by atoms with E-state index in [0.717, 1.165) is 16.5 Å². The van der Waals surface area contributed by atoms with Crippen LogP contribution in [0.4, 0.5) is 26.3 Å². The zero-order valence-electron chi connectivity index (χ0n) is 14.5. The number of fused-ring (bicyclic) bond motifs is 1. The van der Waals surface area contributed by atoms with Crippen molar-refractivity contribution >= 4 is 20.9 Å². The van der Waals surface area contributed by atoms with Gasteiger partial charge in [-0.05, 0) is 36.2 Å². The molecule has 0 unspecified atom stereocenters. The summed E-state index contributed by atoms with van der Waals surface area (Å²) in [7, 11) is -4.59. The van der Waals surface area contributed by atoms with Crippen molar-refractivity contribution in [2.75, 3.05) is 6.54 Å². The highest BCUT2D eigenvalue weighted by Crippen LogP contribution is 2.37. The fourth-order valence-corrected chi connectivity index (χ4v) is 3.93. The Morgan fingerprint density at radius 2 is 1.48 bits per heavy atom. The van der Waals surface area contributed by atoms with Gasteiger partial charge in [0.2, 0.25) is 10.0 Å². The third-order valence-corrected chi connectivity index (χ3v) is 5.67. The van der Waals surface area contributed by atoms with Crippen LogP contribution in [-0.4, -0.2) is 19.9 Å². The maximum Gasteiger partial charge on any atom is 0.416 e. The van der Waals surface area contributed by atoms with Crippen molar-refractivity contribution in [3.05, 3.63) is 65.4 Å². The van der Waals surface area contributed by atoms with Crippen LogP contribution >= 0.6 is 0 Å². The first-order valence-corrected chi connectivity index (χ1v) is 9.70. The summed E-state index contributed by atoms with van der Waals surface area (Å²) < 4.78 is 104. The fourth-order valence-electron chi connectivity index (χ4n) is 2.82. The van der Waals surface area contributed by atoms with Crippen molar-refractivity contribution in [2.45, 2.75) is 23.7 Å². The maximum absolute atomic E-state index is 12.9. The summed E-state index contributed by atoms with van der Waals surface area (Å²) in [6.07, 6.45) is -8.41. The van der Waals surface area contributed by atoms with Crippen molar-refractivity contribution in [1.82, 2.24) is 9.71 Å². The Balaban J connectivity index is 1.84. The molecular formula is C18H14F6N2O2S. The molecule has 2 aromatic carbocycles. The van der Waals surface area contributed by atoms with Gasteiger partial charge in [-0.2, -0.15) is 26.3 Å². The summed E-state index contributed by atoms with van der Waals surface area (Å²) in [5, 5.41) is 0.838. The average molecular weight is 436 g/mol. The van der Waals surface area contributed by atoms with Gasteiger partial charge in [0.1, 0.15) is 0 Å². The molecule has 0 saturated heterocycles. The van der Waals surface area contributed by atoms with Gasteiger partial charge in [-0.25, -0.2) is 13.1 Å². The predicted octanol–water partition coefficient (Wildman–Crippen LogP) is 4.73. The SMILES string of the molecule is O=S(=O)(NCCc1c[nH]c2ccccc12)c1cc(C(F)(F)F)cc(C(F)(F)F)c1. The molecule has 156 valence electrons. The van der Waals surface area contributed by atoms with Crippen LogP contribution in [-0.2, 0) is 28.8 Å². The molecule has 3 rings (SSSR count). The van der Waals surface area contributed by atoms with Gasteiger partial charge in [-0.3, -0.25) is 0 Å². The second-order valence-electron chi connectivity index (χ2n) is 6.25. The lowest BCUT2D eigenvalue weighted by Gasteiger charge is -2.14. The van der Waals surface area contributed by atoms with E-state index in [1.165, 1.54) is 0 Å². The van der Waals surface area contributed by atoms with Crippen LogP contribution < -0.4 is 4.72 Å². The number of hydrogen-bond donors (Lipinski definition) is 2. The molecule has 1 heterocycles. The van der Waals surface area contributed by atoms with E-state index in [1.807, 2.05) is 6.07 Å². The molecule has 0 bridgehead atoms. The highest BCUT2D eigenvalue weighted by Gasteiger charge is 2.38. The highest BCUT2D eigenvalue weighted by molar-refractivity contribution is 7.89. The molecule has 0 aliphatic carbocycles. The molecule has 0 radical (unpaired) electrons. The van der Waals surface area contributed by atoms with Gasteiger partial charge >= 0.3 is 12.4 Å². The number of sulfonamides is 1. The van der Waals surface area contributed by atoms with E-state index in [9.17, 15) is 34.8 Å². The molecule has 0 spiro atoms. The normalized spacial score (nSPS) is 13.2. The van der Waals surface area contributed by atoms with Crippen molar-refractivity contribution in [2.24, 2.45) is 0 Å². The second kappa shape index (κ2) is 7.38. The molecule has 0 fully saturated rings. The van der Waals surface area contributed by atoms with Crippen molar-refractivity contribution < 1.29 is 34.8 Å². The monoisotopic (exact) mass is 436 g/mol. The number of H-pyrrole nitrogens is 1. The standard InChI is InChI=1S/C18H14F6N2O2S/c19-17(20,21)12-7-13(18(22,23)24)9-14(8-12)29(27,28)26-6-5-11-10-25-16-4-2-1-3-15(11)16/h1-4,7-10,25-26H,5-6H2. The van der Waals surface area contributed by atoms with E-state index in [1.54, 1.807) is 24.4 Å². The number of halogens is 6. The van der Waals surface area contributed by atoms with Crippen LogP contribution in [0.1, 0.15) is 16.7 Å². The number of hydrogen-bond acceptors (Lipinski definition) is 2. The van der Waals surface area contributed by atoms with Crippen LogP contribution in [0.25, 0.3) is 10.9 Å². The zero-order valence-corrected chi connectivity index (χ0v) is 15.3. The van der Waals surface area contributed by atoms with Crippen molar-refractivity contribution in [3.8, 4) is 0 Å². The lowest BCUT2D eigenvalue weighted by Crippen LogP contribution is -2.27. The fraction of sp³-hybridized carbons (Fsp3) is 0.222. The number of alkyl halides is 6. The highest BCUT2D eigenvalue weighted by atomic mass is 32.2. The molecule has 1 aromatic heterocycles. The third-order valence-electron chi connectivity index (χ3n) is 4.23. The quantitative estimate of drug-likeness (QED) is 0.569. The van der Waals surface area contributed by atoms with E-state index < -0.39 is 38.4 Å². The summed E-state index contributed by atoms with van der Waals surface area (Å²) >= 11 is 0. The number of benzene rings is 2. The molecule has 4 nitrogen and oxygen atoms in total. The van der Waals surface area contributed by atoms with E-state index in [4.69, 9.17) is 0 Å². The minimum Gasteiger partial charge on any atom is -0.361 e. The second-order valence-corrected chi connectivity index (χ2v) is 8.02. The smallest absolute Gasteiger partial charge is 0.361 e. The molecule has 0 aliphatic rings. The van der Waals surface area contributed by atoms with E-state index >= 15 is 0 Å². The first kappa shape index (κ1) is 21.2. The number of aromatic amines is 1. The van der Waals surface area contributed by atoms with Crippen LogP contribution in [0.5, 0.6) is 0 Å². The van der Waals surface area contributed by atoms with Crippen molar-refractivity contribution in [1.29, 1.82) is 0 Å². The third kappa shape index (κ3) is 4.73. The Morgan fingerprint density at radius 3 is 2.07 bits per heavy atom. The Labute approximate surface area is 161 Å². The van der Waals surface area contributed by atoms with E-state index in [2.05, 4.69) is 9.71 Å². The van der Waals surface area contributed by atoms with Gasteiger partial charge in [0.15, 0.2) is 0 Å². The summed E-state index contributed by atoms with van der Waals surface area (Å²) in [6, 6.07) is 7.45. The molecule has 29 heavy (non-hydrogen) atoms. The minimum absolute atomic E-state index is 0.120. The summed E-state index contributed by atoms with van der Waals surface area (Å²) in [4.78, 5) is 1.89. The van der Waals surface area contributed by atoms with Gasteiger partial charge in [0.25, 0.3) is 0 Å². The zero-order chi connectivity index (χ0) is 21.4. The Hall–Kier alpha value is -2.53. The first-order valence-electron chi connectivity index (χ1n) is 8.22. The van der Waals surface area contributed by atoms with Crippen LogP contribution in [0.15, 0.2) is 53.6 Å². The number of rotatable bonds is 5. The minimum atomic E-state index is -5.13. The van der Waals surface area contributed by atoms with E-state index in [0.29, 0.717) is 0 Å². The van der Waals surface area contributed by atoms with Gasteiger partial charge in [-0.15, -0.1) is 0 Å². The topological polar surface area (TPSA) is 62.0 Å². The van der Waals surface area contributed by atoms with Crippen LogP contribution in [0, 0.1) is 0 Å². The molecular weight excluding hydrogens is 422 g/mol. The van der Waals surface area contributed by atoms with Crippen LogP contribution in [0.2, 0.25) is 0 Å². The summed E-state index contributed by atoms with van der Waals surface area (Å²) in [5.74, 6) is 0. The lowest BCUT2D eigenvalue weighted by atomic mass is 10.1. The van der Waals surface area contributed by atoms with Gasteiger partial charge in [0.05, 0.1) is 16.0 Å². The van der Waals surface area contributed by atoms with Gasteiger partial charge in [-0.1, -0.05) is 18.2 Å². The predicted molar refractivity (Wildman–Crippen MR) is 93.6 cm³/mol. The maximum atomic E-state index is 12.9. The molecule has 2 N–H and O–H groups in total. The summed E-state index contributed by atoms with van der Waals surface area (Å²) in [5.41, 5.74) is -1.81. The first-order chi connectivity index (χ1) is 13.4. The van der Waals surface area contributed by atoms with Crippen LogP contribution in [0.3, 0.4) is 0 Å². The molecule has 0 aliphatic heterocycles. The Bertz CT molecular complexity index is 1100. The van der Waals surface area contributed by atoms with Gasteiger partial charge in [0, 0.05) is 23.6 Å². The number of aromatic nitrogens is 1. The molecule has 0 amide bonds. The molecule has 3 aromatic rings. The largest absolute Gasteiger partial charge is 0.416 e. The van der Waals surface area contributed by atoms with Gasteiger partial charge < -0.3 is 4.98 Å². The Kier molecular flexibility index (Phi) is 5.39. The van der Waals surface area contributed by atoms with E-state index in [-0.39, 0.29) is 31.2 Å². The Morgan fingerprint density at radius 1 is 0.897 bits per heavy atom. The molecule has 0 saturated carbocycles. The molecule has 0 atom stereocenters. The summed E-state index contributed by atoms with van der Waals surface area (Å²) in [6.45, 7) is -0.207. The number of para-hydroxylation sites is 1. The average Bonchev–Trinajstić information content (AvgIpc) is 3.03. The molecule has 11 heteroatoms. The lowest BCUT2D eigenvalue weighted by molar-refractivity contribution is -0.143.